The molecular weight excluding hydrogens is 127 g/mol. The molecule has 56 valence electrons. The Morgan fingerprint density at radius 3 is 3.00 bits per heavy atom. The molecule has 0 N–H and O–H groups in total. The van der Waals surface area contributed by atoms with E-state index in [0.29, 0.717) is 0 Å². The van der Waals surface area contributed by atoms with Gasteiger partial charge in [0.15, 0.2) is 0 Å². The van der Waals surface area contributed by atoms with Gasteiger partial charge in [0.05, 0.1) is 0 Å². The molecule has 0 fully saturated rings. The predicted octanol–water partition coefficient (Wildman–Crippen LogP) is 3.36. The van der Waals surface area contributed by atoms with Gasteiger partial charge in [-0.3, -0.25) is 0 Å². The normalized spacial score (nSPS) is 18.2. The van der Waals surface area contributed by atoms with Crippen LogP contribution in [0.15, 0.2) is 23.6 Å². The molecule has 0 spiro atoms. The lowest BCUT2D eigenvalue weighted by atomic mass is 10.0. The first kappa shape index (κ1) is 7.52. The maximum atomic E-state index is 12.5. The Morgan fingerprint density at radius 1 is 1.60 bits per heavy atom. The fraction of sp³-hybridized carbons (Fsp3) is 0.556. The maximum absolute atomic E-state index is 12.5. The van der Waals surface area contributed by atoms with Gasteiger partial charge >= 0.3 is 0 Å². The average Bonchev–Trinajstić information content (AvgIpc) is 1.88. The van der Waals surface area contributed by atoms with Crippen LogP contribution in [-0.2, 0) is 0 Å². The third-order valence-corrected chi connectivity index (χ3v) is 1.72. The van der Waals surface area contributed by atoms with Crippen molar-refractivity contribution < 1.29 is 4.39 Å². The second kappa shape index (κ2) is 3.55. The molecule has 0 aromatic rings. The van der Waals surface area contributed by atoms with Crippen molar-refractivity contribution in [2.45, 2.75) is 32.6 Å². The van der Waals surface area contributed by atoms with Crippen molar-refractivity contribution in [2.75, 3.05) is 0 Å². The van der Waals surface area contributed by atoms with E-state index >= 15 is 0 Å². The third-order valence-electron chi connectivity index (χ3n) is 1.72. The van der Waals surface area contributed by atoms with Gasteiger partial charge in [0.2, 0.25) is 0 Å². The van der Waals surface area contributed by atoms with E-state index in [-0.39, 0.29) is 5.83 Å². The van der Waals surface area contributed by atoms with Crippen LogP contribution in [0.3, 0.4) is 0 Å². The Balaban J connectivity index is 2.51. The Kier molecular flexibility index (Phi) is 2.67. The van der Waals surface area contributed by atoms with Gasteiger partial charge in [0.1, 0.15) is 5.83 Å². The summed E-state index contributed by atoms with van der Waals surface area (Å²) >= 11 is 0. The first-order chi connectivity index (χ1) is 4.83. The molecule has 1 aliphatic rings. The molecule has 1 rings (SSSR count). The highest BCUT2D eigenvalue weighted by Gasteiger charge is 2.02. The smallest absolute Gasteiger partial charge is 0.119 e. The van der Waals surface area contributed by atoms with Crippen LogP contribution in [0.25, 0.3) is 0 Å². The van der Waals surface area contributed by atoms with Crippen molar-refractivity contribution in [1.82, 2.24) is 0 Å². The highest BCUT2D eigenvalue weighted by atomic mass is 19.1. The second-order valence-corrected chi connectivity index (χ2v) is 2.68. The van der Waals surface area contributed by atoms with Crippen molar-refractivity contribution in [3.8, 4) is 0 Å². The average molecular weight is 140 g/mol. The summed E-state index contributed by atoms with van der Waals surface area (Å²) in [4.78, 5) is 0. The zero-order valence-electron chi connectivity index (χ0n) is 6.36. The number of rotatable bonds is 2. The molecular formula is C9H13F. The van der Waals surface area contributed by atoms with E-state index in [1.807, 2.05) is 0 Å². The molecule has 0 aromatic heterocycles. The largest absolute Gasteiger partial charge is 0.207 e. The molecule has 0 aromatic carbocycles. The maximum Gasteiger partial charge on any atom is 0.119 e. The van der Waals surface area contributed by atoms with Gasteiger partial charge in [0, 0.05) is 0 Å². The monoisotopic (exact) mass is 140 g/mol. The van der Waals surface area contributed by atoms with Gasteiger partial charge < -0.3 is 0 Å². The lowest BCUT2D eigenvalue weighted by molar-refractivity contribution is 0.641. The van der Waals surface area contributed by atoms with E-state index in [9.17, 15) is 4.39 Å². The molecule has 1 aliphatic carbocycles. The molecule has 1 heteroatoms. The molecule has 0 nitrogen and oxygen atoms in total. The van der Waals surface area contributed by atoms with Gasteiger partial charge in [-0.25, -0.2) is 4.39 Å². The van der Waals surface area contributed by atoms with Crippen LogP contribution in [0.4, 0.5) is 4.39 Å². The fourth-order valence-electron chi connectivity index (χ4n) is 1.24. The molecule has 0 bridgehead atoms. The summed E-state index contributed by atoms with van der Waals surface area (Å²) in [6.45, 7) is 2.12. The first-order valence-corrected chi connectivity index (χ1v) is 3.88. The van der Waals surface area contributed by atoms with Gasteiger partial charge in [-0.15, -0.1) is 0 Å². The lowest BCUT2D eigenvalue weighted by Crippen LogP contribution is -1.88. The van der Waals surface area contributed by atoms with Crippen molar-refractivity contribution in [2.24, 2.45) is 0 Å². The summed E-state index contributed by atoms with van der Waals surface area (Å²) in [5.74, 6) is -0.0466. The van der Waals surface area contributed by atoms with Crippen LogP contribution in [-0.4, -0.2) is 0 Å². The summed E-state index contributed by atoms with van der Waals surface area (Å²) < 4.78 is 12.5. The zero-order valence-corrected chi connectivity index (χ0v) is 6.36. The molecule has 0 aliphatic heterocycles. The number of hydrogen-bond donors (Lipinski definition) is 0. The van der Waals surface area contributed by atoms with E-state index in [1.165, 1.54) is 5.57 Å². The molecule has 0 radical (unpaired) electrons. The van der Waals surface area contributed by atoms with Crippen LogP contribution in [0.2, 0.25) is 0 Å². The molecule has 0 atom stereocenters. The van der Waals surface area contributed by atoms with E-state index in [2.05, 4.69) is 6.92 Å². The standard InChI is InChI=1S/C9H13F/c1-2-4-8-5-3-6-9(10)7-8/h6-7H,2-5H2,1H3. The SMILES string of the molecule is CCCC1=CC(F)=CCC1. The molecule has 0 amide bonds. The van der Waals surface area contributed by atoms with Crippen molar-refractivity contribution in [3.63, 3.8) is 0 Å². The summed E-state index contributed by atoms with van der Waals surface area (Å²) in [6, 6.07) is 0. The quantitative estimate of drug-likeness (QED) is 0.551. The Hall–Kier alpha value is -0.590. The minimum absolute atomic E-state index is 0.0466. The lowest BCUT2D eigenvalue weighted by Gasteiger charge is -2.07. The zero-order chi connectivity index (χ0) is 7.40. The van der Waals surface area contributed by atoms with Crippen molar-refractivity contribution in [3.05, 3.63) is 23.6 Å². The van der Waals surface area contributed by atoms with E-state index in [0.717, 1.165) is 25.7 Å². The van der Waals surface area contributed by atoms with Crippen LogP contribution >= 0.6 is 0 Å². The van der Waals surface area contributed by atoms with Crippen molar-refractivity contribution >= 4 is 0 Å². The molecule has 0 saturated heterocycles. The first-order valence-electron chi connectivity index (χ1n) is 3.88. The van der Waals surface area contributed by atoms with Gasteiger partial charge in [-0.1, -0.05) is 18.9 Å². The molecule has 0 saturated carbocycles. The Bertz CT molecular complexity index is 166. The predicted molar refractivity (Wildman–Crippen MR) is 41.4 cm³/mol. The van der Waals surface area contributed by atoms with Gasteiger partial charge in [0.25, 0.3) is 0 Å². The van der Waals surface area contributed by atoms with Crippen LogP contribution in [0, 0.1) is 0 Å². The van der Waals surface area contributed by atoms with Gasteiger partial charge in [-0.2, -0.15) is 0 Å². The second-order valence-electron chi connectivity index (χ2n) is 2.68. The topological polar surface area (TPSA) is 0 Å². The van der Waals surface area contributed by atoms with E-state index in [4.69, 9.17) is 0 Å². The van der Waals surface area contributed by atoms with Crippen LogP contribution in [0.1, 0.15) is 32.6 Å². The summed E-state index contributed by atoms with van der Waals surface area (Å²) in [5.41, 5.74) is 1.27. The number of halogens is 1. The highest BCUT2D eigenvalue weighted by Crippen LogP contribution is 2.21. The Labute approximate surface area is 61.4 Å². The third kappa shape index (κ3) is 1.98. The minimum Gasteiger partial charge on any atom is -0.207 e. The van der Waals surface area contributed by atoms with Crippen LogP contribution in [0.5, 0.6) is 0 Å². The summed E-state index contributed by atoms with van der Waals surface area (Å²) in [5, 5.41) is 0. The number of hydrogen-bond acceptors (Lipinski definition) is 0. The summed E-state index contributed by atoms with van der Waals surface area (Å²) in [6.07, 6.45) is 7.45. The van der Waals surface area contributed by atoms with Crippen molar-refractivity contribution in [1.29, 1.82) is 0 Å². The van der Waals surface area contributed by atoms with E-state index < -0.39 is 0 Å². The van der Waals surface area contributed by atoms with E-state index in [1.54, 1.807) is 12.2 Å². The molecule has 0 unspecified atom stereocenters. The fourth-order valence-corrected chi connectivity index (χ4v) is 1.24. The highest BCUT2D eigenvalue weighted by molar-refractivity contribution is 5.22. The summed E-state index contributed by atoms with van der Waals surface area (Å²) in [7, 11) is 0. The molecule has 0 heterocycles. The molecule has 10 heavy (non-hydrogen) atoms. The van der Waals surface area contributed by atoms with Gasteiger partial charge in [-0.05, 0) is 31.4 Å². The Morgan fingerprint density at radius 2 is 2.40 bits per heavy atom. The minimum atomic E-state index is -0.0466. The van der Waals surface area contributed by atoms with Crippen LogP contribution < -0.4 is 0 Å². The number of allylic oxidation sites excluding steroid dienone is 4.